The third-order valence-corrected chi connectivity index (χ3v) is 5.92. The number of ketones is 1. The molecule has 0 aliphatic carbocycles. The number of amides is 1. The molecule has 4 rings (SSSR count). The lowest BCUT2D eigenvalue weighted by atomic mass is 10.00. The highest BCUT2D eigenvalue weighted by molar-refractivity contribution is 7.14. The van der Waals surface area contributed by atoms with Crippen LogP contribution in [0.25, 0.3) is 5.76 Å². The SMILES string of the molecule is COc1cccc(/C(O)=C2\C(=O)C(=O)N(c3nccs3)C2c2cccs2)c1. The molecule has 8 heteroatoms. The van der Waals surface area contributed by atoms with Gasteiger partial charge in [0.2, 0.25) is 0 Å². The summed E-state index contributed by atoms with van der Waals surface area (Å²) in [7, 11) is 1.52. The zero-order chi connectivity index (χ0) is 19.0. The Hall–Kier alpha value is -2.97. The number of aliphatic hydroxyl groups excluding tert-OH is 1. The van der Waals surface area contributed by atoms with Crippen LogP contribution in [0.15, 0.2) is 58.9 Å². The fourth-order valence-electron chi connectivity index (χ4n) is 3.01. The molecule has 1 saturated heterocycles. The Balaban J connectivity index is 1.92. The van der Waals surface area contributed by atoms with E-state index < -0.39 is 17.7 Å². The molecular formula is C19H14N2O4S2. The van der Waals surface area contributed by atoms with E-state index >= 15 is 0 Å². The van der Waals surface area contributed by atoms with Crippen molar-refractivity contribution in [1.29, 1.82) is 0 Å². The largest absolute Gasteiger partial charge is 0.507 e. The van der Waals surface area contributed by atoms with Gasteiger partial charge in [0.05, 0.1) is 12.7 Å². The standard InChI is InChI=1S/C19H14N2O4S2/c1-25-12-5-2-4-11(10-12)16(22)14-15(13-6-3-8-26-13)21(18(24)17(14)23)19-20-7-9-27-19/h2-10,15,22H,1H3/b16-14+. The van der Waals surface area contributed by atoms with Crippen molar-refractivity contribution in [2.24, 2.45) is 0 Å². The lowest BCUT2D eigenvalue weighted by Gasteiger charge is -2.21. The fraction of sp³-hybridized carbons (Fsp3) is 0.105. The molecule has 27 heavy (non-hydrogen) atoms. The maximum absolute atomic E-state index is 12.8. The topological polar surface area (TPSA) is 79.7 Å². The van der Waals surface area contributed by atoms with Crippen molar-refractivity contribution in [1.82, 2.24) is 4.98 Å². The highest BCUT2D eigenvalue weighted by atomic mass is 32.1. The van der Waals surface area contributed by atoms with Crippen LogP contribution in [0.1, 0.15) is 16.5 Å². The zero-order valence-corrected chi connectivity index (χ0v) is 15.8. The highest BCUT2D eigenvalue weighted by Gasteiger charge is 2.48. The van der Waals surface area contributed by atoms with Gasteiger partial charge in [0.1, 0.15) is 17.6 Å². The smallest absolute Gasteiger partial charge is 0.301 e. The number of carbonyl (C=O) groups is 2. The molecule has 1 aliphatic rings. The van der Waals surface area contributed by atoms with Crippen LogP contribution < -0.4 is 9.64 Å². The number of methoxy groups -OCH3 is 1. The number of hydrogen-bond acceptors (Lipinski definition) is 7. The highest BCUT2D eigenvalue weighted by Crippen LogP contribution is 2.44. The summed E-state index contributed by atoms with van der Waals surface area (Å²) < 4.78 is 5.19. The van der Waals surface area contributed by atoms with Crippen LogP contribution in [-0.2, 0) is 9.59 Å². The summed E-state index contributed by atoms with van der Waals surface area (Å²) in [6.45, 7) is 0. The van der Waals surface area contributed by atoms with E-state index in [1.165, 1.54) is 34.7 Å². The zero-order valence-electron chi connectivity index (χ0n) is 14.2. The maximum atomic E-state index is 12.8. The molecule has 2 aromatic heterocycles. The van der Waals surface area contributed by atoms with Gasteiger partial charge in [0.15, 0.2) is 5.13 Å². The first-order chi connectivity index (χ1) is 13.1. The molecular weight excluding hydrogens is 384 g/mol. The molecule has 0 spiro atoms. The van der Waals surface area contributed by atoms with Crippen LogP contribution in [0.4, 0.5) is 5.13 Å². The van der Waals surface area contributed by atoms with E-state index in [1.807, 2.05) is 17.5 Å². The average Bonchev–Trinajstić information content (AvgIpc) is 3.43. The molecule has 1 fully saturated rings. The number of aliphatic hydroxyl groups is 1. The number of Topliss-reactive ketones (excluding diaryl/α,β-unsaturated/α-hetero) is 1. The summed E-state index contributed by atoms with van der Waals surface area (Å²) in [4.78, 5) is 31.9. The third kappa shape index (κ3) is 2.92. The van der Waals surface area contributed by atoms with Crippen molar-refractivity contribution in [3.05, 3.63) is 69.4 Å². The van der Waals surface area contributed by atoms with Crippen molar-refractivity contribution >= 4 is 45.3 Å². The summed E-state index contributed by atoms with van der Waals surface area (Å²) in [6, 6.07) is 9.70. The number of ether oxygens (including phenoxy) is 1. The fourth-order valence-corrected chi connectivity index (χ4v) is 4.50. The molecule has 1 unspecified atom stereocenters. The maximum Gasteiger partial charge on any atom is 0.301 e. The number of rotatable bonds is 4. The van der Waals surface area contributed by atoms with E-state index in [9.17, 15) is 14.7 Å². The molecule has 0 bridgehead atoms. The predicted octanol–water partition coefficient (Wildman–Crippen LogP) is 3.84. The predicted molar refractivity (Wildman–Crippen MR) is 104 cm³/mol. The molecule has 6 nitrogen and oxygen atoms in total. The van der Waals surface area contributed by atoms with Crippen LogP contribution in [0.5, 0.6) is 5.75 Å². The van der Waals surface area contributed by atoms with Crippen LogP contribution in [0.3, 0.4) is 0 Å². The Kier molecular flexibility index (Phi) is 4.51. The van der Waals surface area contributed by atoms with Gasteiger partial charge < -0.3 is 9.84 Å². The number of thiophene rings is 1. The molecule has 1 aromatic carbocycles. The van der Waals surface area contributed by atoms with Gasteiger partial charge in [0.25, 0.3) is 5.78 Å². The Morgan fingerprint density at radius 1 is 1.19 bits per heavy atom. The minimum absolute atomic E-state index is 0.0471. The van der Waals surface area contributed by atoms with Gasteiger partial charge in [-0.15, -0.1) is 22.7 Å². The third-order valence-electron chi connectivity index (χ3n) is 4.23. The number of nitrogens with zero attached hydrogens (tertiary/aromatic N) is 2. The monoisotopic (exact) mass is 398 g/mol. The van der Waals surface area contributed by atoms with E-state index in [1.54, 1.807) is 35.8 Å². The minimum Gasteiger partial charge on any atom is -0.507 e. The first kappa shape index (κ1) is 17.4. The van der Waals surface area contributed by atoms with Crippen LogP contribution in [0.2, 0.25) is 0 Å². The van der Waals surface area contributed by atoms with Crippen LogP contribution in [0, 0.1) is 0 Å². The molecule has 0 saturated carbocycles. The van der Waals surface area contributed by atoms with Gasteiger partial charge in [-0.05, 0) is 23.6 Å². The van der Waals surface area contributed by atoms with Gasteiger partial charge in [-0.1, -0.05) is 18.2 Å². The lowest BCUT2D eigenvalue weighted by Crippen LogP contribution is -2.28. The van der Waals surface area contributed by atoms with Crippen molar-refractivity contribution in [2.75, 3.05) is 12.0 Å². The minimum atomic E-state index is -0.732. The van der Waals surface area contributed by atoms with Crippen molar-refractivity contribution in [3.63, 3.8) is 0 Å². The molecule has 0 radical (unpaired) electrons. The number of hydrogen-bond donors (Lipinski definition) is 1. The molecule has 1 atom stereocenters. The number of carbonyl (C=O) groups excluding carboxylic acids is 2. The molecule has 3 heterocycles. The van der Waals surface area contributed by atoms with Crippen molar-refractivity contribution < 1.29 is 19.4 Å². The summed E-state index contributed by atoms with van der Waals surface area (Å²) in [5.41, 5.74) is 0.457. The first-order valence-electron chi connectivity index (χ1n) is 8.00. The number of aromatic nitrogens is 1. The Morgan fingerprint density at radius 2 is 2.04 bits per heavy atom. The Labute approximate surface area is 163 Å². The van der Waals surface area contributed by atoms with Gasteiger partial charge in [0, 0.05) is 22.0 Å². The van der Waals surface area contributed by atoms with E-state index in [-0.39, 0.29) is 11.3 Å². The van der Waals surface area contributed by atoms with Crippen molar-refractivity contribution in [3.8, 4) is 5.75 Å². The Morgan fingerprint density at radius 3 is 2.70 bits per heavy atom. The second-order valence-corrected chi connectivity index (χ2v) is 7.58. The van der Waals surface area contributed by atoms with Gasteiger partial charge in [-0.2, -0.15) is 0 Å². The van der Waals surface area contributed by atoms with E-state index in [4.69, 9.17) is 4.74 Å². The number of anilines is 1. The van der Waals surface area contributed by atoms with Crippen LogP contribution >= 0.6 is 22.7 Å². The molecule has 1 amide bonds. The number of benzene rings is 1. The lowest BCUT2D eigenvalue weighted by molar-refractivity contribution is -0.132. The second-order valence-electron chi connectivity index (χ2n) is 5.73. The van der Waals surface area contributed by atoms with E-state index in [2.05, 4.69) is 4.98 Å². The average molecular weight is 398 g/mol. The second kappa shape index (κ2) is 6.98. The summed E-state index contributed by atoms with van der Waals surface area (Å²) in [5, 5.41) is 14.9. The van der Waals surface area contributed by atoms with Gasteiger partial charge in [-0.25, -0.2) is 4.98 Å². The molecule has 136 valence electrons. The molecule has 1 aliphatic heterocycles. The van der Waals surface area contributed by atoms with Crippen LogP contribution in [-0.4, -0.2) is 28.9 Å². The summed E-state index contributed by atoms with van der Waals surface area (Å²) in [6.07, 6.45) is 1.58. The first-order valence-corrected chi connectivity index (χ1v) is 9.76. The van der Waals surface area contributed by atoms with E-state index in [0.29, 0.717) is 16.4 Å². The molecule has 1 N–H and O–H groups in total. The molecule has 3 aromatic rings. The van der Waals surface area contributed by atoms with Crippen molar-refractivity contribution in [2.45, 2.75) is 6.04 Å². The van der Waals surface area contributed by atoms with E-state index in [0.717, 1.165) is 4.88 Å². The normalized spacial score (nSPS) is 18.9. The Bertz CT molecular complexity index is 1030. The summed E-state index contributed by atoms with van der Waals surface area (Å²) >= 11 is 2.67. The number of thiazole rings is 1. The quantitative estimate of drug-likeness (QED) is 0.410. The summed E-state index contributed by atoms with van der Waals surface area (Å²) in [5.74, 6) is -1.12. The van der Waals surface area contributed by atoms with Gasteiger partial charge in [-0.3, -0.25) is 14.5 Å². The van der Waals surface area contributed by atoms with Gasteiger partial charge >= 0.3 is 5.91 Å².